The summed E-state index contributed by atoms with van der Waals surface area (Å²) in [5.41, 5.74) is 1.63. The Bertz CT molecular complexity index is 465. The maximum absolute atomic E-state index is 12.8. The van der Waals surface area contributed by atoms with Crippen molar-refractivity contribution in [1.29, 1.82) is 0 Å². The molecule has 96 valence electrons. The Balaban J connectivity index is 2.15. The van der Waals surface area contributed by atoms with Crippen molar-refractivity contribution < 1.29 is 9.18 Å². The Hall–Kier alpha value is -1.64. The van der Waals surface area contributed by atoms with Crippen LogP contribution < -0.4 is 5.32 Å². The fourth-order valence-electron chi connectivity index (χ4n) is 2.37. The van der Waals surface area contributed by atoms with Gasteiger partial charge < -0.3 is 10.2 Å². The molecule has 1 aliphatic heterocycles. The third-order valence-corrected chi connectivity index (χ3v) is 3.17. The third kappa shape index (κ3) is 2.78. The highest BCUT2D eigenvalue weighted by Gasteiger charge is 2.26. The van der Waals surface area contributed by atoms with Gasteiger partial charge >= 0.3 is 0 Å². The van der Waals surface area contributed by atoms with Crippen molar-refractivity contribution in [3.8, 4) is 0 Å². The van der Waals surface area contributed by atoms with Crippen LogP contribution in [0.1, 0.15) is 19.4 Å². The Morgan fingerprint density at radius 1 is 1.39 bits per heavy atom. The van der Waals surface area contributed by atoms with E-state index in [1.165, 1.54) is 12.1 Å². The molecular weight excluding hydrogens is 231 g/mol. The lowest BCUT2D eigenvalue weighted by atomic mass is 10.1. The van der Waals surface area contributed by atoms with Crippen LogP contribution in [0.15, 0.2) is 30.0 Å². The van der Waals surface area contributed by atoms with E-state index in [1.807, 2.05) is 17.8 Å². The highest BCUT2D eigenvalue weighted by Crippen LogP contribution is 2.17. The maximum atomic E-state index is 12.8. The first-order chi connectivity index (χ1) is 8.60. The van der Waals surface area contributed by atoms with Crippen molar-refractivity contribution in [2.24, 2.45) is 0 Å². The van der Waals surface area contributed by atoms with Gasteiger partial charge in [0.05, 0.1) is 6.04 Å². The largest absolute Gasteiger partial charge is 0.359 e. The van der Waals surface area contributed by atoms with Gasteiger partial charge in [-0.2, -0.15) is 0 Å². The van der Waals surface area contributed by atoms with Crippen LogP contribution in [-0.2, 0) is 11.3 Å². The van der Waals surface area contributed by atoms with Gasteiger partial charge in [-0.05, 0) is 31.5 Å². The molecule has 0 aromatic heterocycles. The van der Waals surface area contributed by atoms with Gasteiger partial charge in [-0.25, -0.2) is 9.18 Å². The molecule has 0 saturated carbocycles. The summed E-state index contributed by atoms with van der Waals surface area (Å²) in [6.07, 6.45) is 0. The molecule has 0 bridgehead atoms. The topological polar surface area (TPSA) is 32.3 Å². The van der Waals surface area contributed by atoms with Crippen molar-refractivity contribution >= 4 is 5.94 Å². The van der Waals surface area contributed by atoms with Gasteiger partial charge in [-0.1, -0.05) is 12.1 Å². The van der Waals surface area contributed by atoms with E-state index in [-0.39, 0.29) is 11.9 Å². The van der Waals surface area contributed by atoms with E-state index in [4.69, 9.17) is 0 Å². The molecule has 2 atom stereocenters. The quantitative estimate of drug-likeness (QED) is 0.809. The van der Waals surface area contributed by atoms with Crippen LogP contribution >= 0.6 is 0 Å². The van der Waals surface area contributed by atoms with Crippen molar-refractivity contribution in [1.82, 2.24) is 10.2 Å². The second-order valence-corrected chi connectivity index (χ2v) is 4.78. The van der Waals surface area contributed by atoms with E-state index in [0.29, 0.717) is 18.3 Å². The fraction of sp³-hybridized carbons (Fsp3) is 0.429. The molecule has 1 saturated heterocycles. The fourth-order valence-corrected chi connectivity index (χ4v) is 2.37. The zero-order valence-electron chi connectivity index (χ0n) is 10.6. The summed E-state index contributed by atoms with van der Waals surface area (Å²) in [7, 11) is 0. The van der Waals surface area contributed by atoms with Gasteiger partial charge in [0.2, 0.25) is 0 Å². The zero-order chi connectivity index (χ0) is 13.1. The number of hydrogen-bond donors (Lipinski definition) is 1. The molecule has 1 fully saturated rings. The van der Waals surface area contributed by atoms with Crippen LogP contribution in [0.3, 0.4) is 0 Å². The molecule has 2 rings (SSSR count). The first kappa shape index (κ1) is 12.8. The SMILES string of the molecule is CC1CN(Cc2ccc(F)cc2)C(=C=O)C(C)N1. The molecule has 0 aliphatic carbocycles. The molecule has 1 aliphatic rings. The summed E-state index contributed by atoms with van der Waals surface area (Å²) in [6, 6.07) is 6.69. The molecule has 0 spiro atoms. The number of benzene rings is 1. The lowest BCUT2D eigenvalue weighted by Crippen LogP contribution is -2.52. The van der Waals surface area contributed by atoms with Gasteiger partial charge in [-0.3, -0.25) is 0 Å². The Morgan fingerprint density at radius 3 is 2.67 bits per heavy atom. The molecule has 18 heavy (non-hydrogen) atoms. The normalized spacial score (nSPS) is 23.9. The average Bonchev–Trinajstić information content (AvgIpc) is 2.32. The van der Waals surface area contributed by atoms with Gasteiger partial charge in [-0.15, -0.1) is 0 Å². The van der Waals surface area contributed by atoms with Crippen LogP contribution in [-0.4, -0.2) is 29.5 Å². The molecule has 0 amide bonds. The minimum Gasteiger partial charge on any atom is -0.359 e. The molecule has 4 heteroatoms. The van der Waals surface area contributed by atoms with Crippen LogP contribution in [0.5, 0.6) is 0 Å². The summed E-state index contributed by atoms with van der Waals surface area (Å²) in [5.74, 6) is 1.77. The summed E-state index contributed by atoms with van der Waals surface area (Å²) < 4.78 is 12.8. The number of nitrogens with one attached hydrogen (secondary N) is 1. The highest BCUT2D eigenvalue weighted by molar-refractivity contribution is 5.54. The van der Waals surface area contributed by atoms with Gasteiger partial charge in [0.15, 0.2) is 0 Å². The number of piperazine rings is 1. The number of rotatable bonds is 2. The minimum absolute atomic E-state index is 0.00620. The summed E-state index contributed by atoms with van der Waals surface area (Å²) in [5, 5.41) is 3.30. The van der Waals surface area contributed by atoms with Crippen LogP contribution in [0.4, 0.5) is 4.39 Å². The second kappa shape index (κ2) is 5.34. The zero-order valence-corrected chi connectivity index (χ0v) is 10.6. The van der Waals surface area contributed by atoms with Crippen LogP contribution in [0.2, 0.25) is 0 Å². The number of hydrogen-bond acceptors (Lipinski definition) is 3. The van der Waals surface area contributed by atoms with E-state index >= 15 is 0 Å². The van der Waals surface area contributed by atoms with Crippen molar-refractivity contribution in [3.05, 3.63) is 41.3 Å². The number of halogens is 1. The molecule has 1 heterocycles. The number of carbonyl (C=O) groups excluding carboxylic acids is 1. The highest BCUT2D eigenvalue weighted by atomic mass is 19.1. The van der Waals surface area contributed by atoms with E-state index in [9.17, 15) is 9.18 Å². The lowest BCUT2D eigenvalue weighted by Gasteiger charge is -2.38. The monoisotopic (exact) mass is 248 g/mol. The summed E-state index contributed by atoms with van der Waals surface area (Å²) in [4.78, 5) is 13.0. The predicted octanol–water partition coefficient (Wildman–Crippen LogP) is 1.72. The predicted molar refractivity (Wildman–Crippen MR) is 68.1 cm³/mol. The third-order valence-electron chi connectivity index (χ3n) is 3.17. The second-order valence-electron chi connectivity index (χ2n) is 4.78. The molecule has 1 N–H and O–H groups in total. The standard InChI is InChI=1S/C14H17FN2O/c1-10-7-17(14(9-18)11(2)16-10)8-12-3-5-13(15)6-4-12/h3-6,10-11,16H,7-8H2,1-2H3. The molecular formula is C14H17FN2O. The van der Waals surface area contributed by atoms with Crippen molar-refractivity contribution in [3.63, 3.8) is 0 Å². The van der Waals surface area contributed by atoms with Crippen LogP contribution in [0.25, 0.3) is 0 Å². The van der Waals surface area contributed by atoms with Crippen molar-refractivity contribution in [2.45, 2.75) is 32.5 Å². The van der Waals surface area contributed by atoms with Gasteiger partial charge in [0.1, 0.15) is 17.5 Å². The Labute approximate surface area is 106 Å². The molecule has 1 aromatic carbocycles. The Kier molecular flexibility index (Phi) is 3.80. The maximum Gasteiger partial charge on any atom is 0.147 e. The van der Waals surface area contributed by atoms with Gasteiger partial charge in [0, 0.05) is 19.1 Å². The van der Waals surface area contributed by atoms with Gasteiger partial charge in [0.25, 0.3) is 0 Å². The smallest absolute Gasteiger partial charge is 0.147 e. The average molecular weight is 248 g/mol. The molecule has 0 radical (unpaired) electrons. The molecule has 2 unspecified atom stereocenters. The summed E-state index contributed by atoms with van der Waals surface area (Å²) in [6.45, 7) is 5.40. The van der Waals surface area contributed by atoms with E-state index < -0.39 is 0 Å². The summed E-state index contributed by atoms with van der Waals surface area (Å²) >= 11 is 0. The van der Waals surface area contributed by atoms with E-state index in [2.05, 4.69) is 12.2 Å². The van der Waals surface area contributed by atoms with E-state index in [1.54, 1.807) is 12.1 Å². The van der Waals surface area contributed by atoms with Crippen LogP contribution in [0, 0.1) is 5.82 Å². The molecule has 1 aromatic rings. The Morgan fingerprint density at radius 2 is 2.06 bits per heavy atom. The number of nitrogens with zero attached hydrogens (tertiary/aromatic N) is 1. The van der Waals surface area contributed by atoms with Crippen molar-refractivity contribution in [2.75, 3.05) is 6.54 Å². The van der Waals surface area contributed by atoms with E-state index in [0.717, 1.165) is 12.1 Å². The minimum atomic E-state index is -0.244. The lowest BCUT2D eigenvalue weighted by molar-refractivity contribution is 0.227. The first-order valence-corrected chi connectivity index (χ1v) is 6.10. The molecule has 3 nitrogen and oxygen atoms in total. The first-order valence-electron chi connectivity index (χ1n) is 6.10.